The molecule has 154 valence electrons. The molecule has 0 saturated carbocycles. The summed E-state index contributed by atoms with van der Waals surface area (Å²) < 4.78 is 0. The Kier molecular flexibility index (Phi) is 7.11. The molecule has 0 aliphatic carbocycles. The van der Waals surface area contributed by atoms with Crippen LogP contribution in [0.15, 0.2) is 91.0 Å². The number of para-hydroxylation sites is 2. The maximum Gasteiger partial charge on any atom is 0.178 e. The second-order valence-corrected chi connectivity index (χ2v) is 8.20. The van der Waals surface area contributed by atoms with Crippen molar-refractivity contribution in [1.29, 1.82) is 0 Å². The minimum Gasteiger partial charge on any atom is -0.332 e. The van der Waals surface area contributed by atoms with Crippen molar-refractivity contribution in [3.8, 4) is 0 Å². The van der Waals surface area contributed by atoms with E-state index in [0.29, 0.717) is 6.04 Å². The molecule has 0 atom stereocenters. The molecule has 4 heteroatoms. The smallest absolute Gasteiger partial charge is 0.178 e. The number of thiocarbonyl (C=S) groups is 1. The van der Waals surface area contributed by atoms with Gasteiger partial charge in [-0.1, -0.05) is 66.7 Å². The molecule has 3 aromatic rings. The van der Waals surface area contributed by atoms with Gasteiger partial charge in [0.25, 0.3) is 0 Å². The normalized spacial score (nSPS) is 14.9. The molecular weight excluding hydrogens is 386 g/mol. The Bertz CT molecular complexity index is 907. The Morgan fingerprint density at radius 2 is 1.40 bits per heavy atom. The lowest BCUT2D eigenvalue weighted by Gasteiger charge is -2.40. The van der Waals surface area contributed by atoms with Crippen LogP contribution in [-0.4, -0.2) is 35.7 Å². The van der Waals surface area contributed by atoms with E-state index in [4.69, 9.17) is 12.2 Å². The third kappa shape index (κ3) is 5.47. The predicted molar refractivity (Wildman–Crippen MR) is 131 cm³/mol. The number of likely N-dealkylation sites (tertiary alicyclic amines) is 1. The largest absolute Gasteiger partial charge is 0.332 e. The van der Waals surface area contributed by atoms with Crippen LogP contribution < -0.4 is 10.2 Å². The lowest BCUT2D eigenvalue weighted by atomic mass is 10.0. The number of hydrogen-bond donors (Lipinski definition) is 1. The highest BCUT2D eigenvalue weighted by Crippen LogP contribution is 2.25. The Hall–Kier alpha value is -2.69. The first kappa shape index (κ1) is 20.6. The summed E-state index contributed by atoms with van der Waals surface area (Å²) >= 11 is 5.87. The second kappa shape index (κ2) is 10.4. The summed E-state index contributed by atoms with van der Waals surface area (Å²) in [7, 11) is 0. The molecule has 0 amide bonds. The molecule has 0 bridgehead atoms. The Morgan fingerprint density at radius 3 is 2.03 bits per heavy atom. The van der Waals surface area contributed by atoms with Gasteiger partial charge in [-0.15, -0.1) is 0 Å². The van der Waals surface area contributed by atoms with Gasteiger partial charge in [0.2, 0.25) is 0 Å². The summed E-state index contributed by atoms with van der Waals surface area (Å²) in [5, 5.41) is 4.21. The van der Waals surface area contributed by atoms with Crippen LogP contribution in [0.25, 0.3) is 0 Å². The zero-order valence-electron chi connectivity index (χ0n) is 17.3. The third-order valence-electron chi connectivity index (χ3n) is 5.76. The van der Waals surface area contributed by atoms with Gasteiger partial charge in [0.05, 0.1) is 0 Å². The van der Waals surface area contributed by atoms with E-state index in [0.717, 1.165) is 55.4 Å². The molecule has 0 radical (unpaired) electrons. The highest BCUT2D eigenvalue weighted by Gasteiger charge is 2.27. The molecule has 3 nitrogen and oxygen atoms in total. The number of benzene rings is 3. The Labute approximate surface area is 185 Å². The maximum absolute atomic E-state index is 5.87. The molecule has 1 heterocycles. The van der Waals surface area contributed by atoms with Crippen molar-refractivity contribution in [3.05, 3.63) is 96.6 Å². The van der Waals surface area contributed by atoms with Crippen molar-refractivity contribution >= 4 is 28.7 Å². The average Bonchev–Trinajstić information content (AvgIpc) is 2.81. The molecular formula is C26H29N3S. The SMILES string of the molecule is S=C(Nc1ccccc1)N(c1ccccc1)C1CCN(CCc2ccccc2)CC1. The van der Waals surface area contributed by atoms with Crippen LogP contribution in [0.1, 0.15) is 18.4 Å². The van der Waals surface area contributed by atoms with E-state index in [2.05, 4.69) is 87.9 Å². The fourth-order valence-corrected chi connectivity index (χ4v) is 4.49. The van der Waals surface area contributed by atoms with E-state index in [9.17, 15) is 0 Å². The van der Waals surface area contributed by atoms with Gasteiger partial charge in [0.1, 0.15) is 0 Å². The van der Waals surface area contributed by atoms with E-state index in [1.165, 1.54) is 5.56 Å². The molecule has 1 aliphatic heterocycles. The summed E-state index contributed by atoms with van der Waals surface area (Å²) in [5.41, 5.74) is 3.61. The van der Waals surface area contributed by atoms with Crippen LogP contribution >= 0.6 is 12.2 Å². The zero-order valence-corrected chi connectivity index (χ0v) is 18.1. The van der Waals surface area contributed by atoms with E-state index in [-0.39, 0.29) is 0 Å². The topological polar surface area (TPSA) is 18.5 Å². The highest BCUT2D eigenvalue weighted by atomic mass is 32.1. The molecule has 0 unspecified atom stereocenters. The van der Waals surface area contributed by atoms with Crippen molar-refractivity contribution < 1.29 is 0 Å². The van der Waals surface area contributed by atoms with Crippen LogP contribution in [0.4, 0.5) is 11.4 Å². The Balaban J connectivity index is 1.40. The van der Waals surface area contributed by atoms with Crippen molar-refractivity contribution in [2.45, 2.75) is 25.3 Å². The first-order valence-electron chi connectivity index (χ1n) is 10.8. The van der Waals surface area contributed by atoms with Gasteiger partial charge in [0, 0.05) is 37.1 Å². The summed E-state index contributed by atoms with van der Waals surface area (Å²) in [6.45, 7) is 3.33. The van der Waals surface area contributed by atoms with Gasteiger partial charge in [0.15, 0.2) is 5.11 Å². The number of piperidine rings is 1. The van der Waals surface area contributed by atoms with Gasteiger partial charge in [-0.2, -0.15) is 0 Å². The van der Waals surface area contributed by atoms with Crippen LogP contribution in [0.3, 0.4) is 0 Å². The van der Waals surface area contributed by atoms with Crippen LogP contribution in [-0.2, 0) is 6.42 Å². The summed E-state index contributed by atoms with van der Waals surface area (Å²) in [5.74, 6) is 0. The lowest BCUT2D eigenvalue weighted by Crippen LogP contribution is -2.49. The van der Waals surface area contributed by atoms with Crippen molar-refractivity contribution in [2.75, 3.05) is 29.9 Å². The maximum atomic E-state index is 5.87. The van der Waals surface area contributed by atoms with Crippen molar-refractivity contribution in [3.63, 3.8) is 0 Å². The number of rotatable bonds is 6. The minimum atomic E-state index is 0.407. The number of hydrogen-bond acceptors (Lipinski definition) is 2. The highest BCUT2D eigenvalue weighted by molar-refractivity contribution is 7.80. The van der Waals surface area contributed by atoms with Crippen molar-refractivity contribution in [1.82, 2.24) is 4.90 Å². The summed E-state index contributed by atoms with van der Waals surface area (Å²) in [6, 6.07) is 31.9. The first-order valence-corrected chi connectivity index (χ1v) is 11.2. The molecule has 4 rings (SSSR count). The van der Waals surface area contributed by atoms with Crippen molar-refractivity contribution in [2.24, 2.45) is 0 Å². The molecule has 1 saturated heterocycles. The number of nitrogens with zero attached hydrogens (tertiary/aromatic N) is 2. The summed E-state index contributed by atoms with van der Waals surface area (Å²) in [4.78, 5) is 4.90. The third-order valence-corrected chi connectivity index (χ3v) is 6.06. The average molecular weight is 416 g/mol. The molecule has 0 aromatic heterocycles. The number of nitrogens with one attached hydrogen (secondary N) is 1. The summed E-state index contributed by atoms with van der Waals surface area (Å²) in [6.07, 6.45) is 3.34. The molecule has 1 aliphatic rings. The molecule has 3 aromatic carbocycles. The van der Waals surface area contributed by atoms with Gasteiger partial charge in [-0.25, -0.2) is 0 Å². The molecule has 30 heavy (non-hydrogen) atoms. The van der Waals surface area contributed by atoms with Gasteiger partial charge < -0.3 is 15.1 Å². The quantitative estimate of drug-likeness (QED) is 0.528. The first-order chi connectivity index (χ1) is 14.8. The number of anilines is 2. The second-order valence-electron chi connectivity index (χ2n) is 7.81. The van der Waals surface area contributed by atoms with Gasteiger partial charge in [-0.3, -0.25) is 0 Å². The standard InChI is InChI=1S/C26H29N3S/c30-26(27-23-12-6-2-7-13-23)29(24-14-8-3-9-15-24)25-17-20-28(21-18-25)19-16-22-10-4-1-5-11-22/h1-15,25H,16-21H2,(H,27,30). The predicted octanol–water partition coefficient (Wildman–Crippen LogP) is 5.60. The van der Waals surface area contributed by atoms with Gasteiger partial charge in [-0.05, 0) is 61.3 Å². The van der Waals surface area contributed by atoms with Gasteiger partial charge >= 0.3 is 0 Å². The van der Waals surface area contributed by atoms with E-state index in [1.807, 2.05) is 18.2 Å². The fraction of sp³-hybridized carbons (Fsp3) is 0.269. The molecule has 0 spiro atoms. The van der Waals surface area contributed by atoms with Crippen LogP contribution in [0, 0.1) is 0 Å². The van der Waals surface area contributed by atoms with Crippen LogP contribution in [0.2, 0.25) is 0 Å². The molecule has 1 N–H and O–H groups in total. The zero-order chi connectivity index (χ0) is 20.6. The van der Waals surface area contributed by atoms with E-state index in [1.54, 1.807) is 0 Å². The lowest BCUT2D eigenvalue weighted by molar-refractivity contribution is 0.216. The monoisotopic (exact) mass is 415 g/mol. The molecule has 1 fully saturated rings. The Morgan fingerprint density at radius 1 is 0.833 bits per heavy atom. The van der Waals surface area contributed by atoms with E-state index < -0.39 is 0 Å². The van der Waals surface area contributed by atoms with Crippen LogP contribution in [0.5, 0.6) is 0 Å². The van der Waals surface area contributed by atoms with E-state index >= 15 is 0 Å². The fourth-order valence-electron chi connectivity index (χ4n) is 4.12. The minimum absolute atomic E-state index is 0.407.